The number of amides is 2. The molecule has 148 valence electrons. The van der Waals surface area contributed by atoms with Crippen LogP contribution in [0.25, 0.3) is 0 Å². The molecule has 1 aliphatic rings. The van der Waals surface area contributed by atoms with Gasteiger partial charge in [0, 0.05) is 17.0 Å². The highest BCUT2D eigenvalue weighted by Crippen LogP contribution is 2.37. The van der Waals surface area contributed by atoms with Crippen LogP contribution in [0.4, 0.5) is 11.4 Å². The van der Waals surface area contributed by atoms with Crippen LogP contribution in [0.2, 0.25) is 0 Å². The van der Waals surface area contributed by atoms with Crippen molar-refractivity contribution in [3.63, 3.8) is 0 Å². The Morgan fingerprint density at radius 2 is 1.82 bits per heavy atom. The number of nitrogens with one attached hydrogen (secondary N) is 2. The predicted molar refractivity (Wildman–Crippen MR) is 112 cm³/mol. The van der Waals surface area contributed by atoms with Gasteiger partial charge in [0.1, 0.15) is 0 Å². The molecule has 6 nitrogen and oxygen atoms in total. The van der Waals surface area contributed by atoms with Crippen molar-refractivity contribution in [2.75, 3.05) is 16.4 Å². The minimum Gasteiger partial charge on any atom is -0.326 e. The molecule has 1 aliphatic heterocycles. The molecule has 2 aromatic carbocycles. The van der Waals surface area contributed by atoms with E-state index in [1.54, 1.807) is 19.1 Å². The lowest BCUT2D eigenvalue weighted by Crippen LogP contribution is -2.26. The van der Waals surface area contributed by atoms with Crippen molar-refractivity contribution in [1.29, 1.82) is 0 Å². The average molecular weight is 419 g/mol. The molecule has 28 heavy (non-hydrogen) atoms. The molecule has 0 bridgehead atoms. The van der Waals surface area contributed by atoms with Crippen LogP contribution in [0.1, 0.15) is 24.5 Å². The summed E-state index contributed by atoms with van der Waals surface area (Å²) in [6.45, 7) is 5.64. The van der Waals surface area contributed by atoms with Crippen LogP contribution in [0.15, 0.2) is 46.2 Å². The van der Waals surface area contributed by atoms with Gasteiger partial charge in [0.2, 0.25) is 11.8 Å². The third-order valence-electron chi connectivity index (χ3n) is 4.35. The Bertz CT molecular complexity index is 1030. The standard InChI is InChI=1S/C20H22N2O4S2/c1-12-8-13(2)10-15(9-12)21-19(23)6-7-28(25,26)16-4-5-17-18(11-16)27-14(3)20(24)22-17/h4-5,8-11,14H,6-7H2,1-3H3,(H,21,23)(H,22,24). The Morgan fingerprint density at radius 1 is 1.14 bits per heavy atom. The molecule has 0 spiro atoms. The van der Waals surface area contributed by atoms with Crippen molar-refractivity contribution in [2.24, 2.45) is 0 Å². The Hall–Kier alpha value is -2.32. The molecular weight excluding hydrogens is 396 g/mol. The number of anilines is 2. The van der Waals surface area contributed by atoms with Gasteiger partial charge in [-0.1, -0.05) is 6.07 Å². The van der Waals surface area contributed by atoms with Gasteiger partial charge in [-0.15, -0.1) is 11.8 Å². The van der Waals surface area contributed by atoms with E-state index in [4.69, 9.17) is 0 Å². The molecule has 2 N–H and O–H groups in total. The van der Waals surface area contributed by atoms with E-state index in [-0.39, 0.29) is 34.1 Å². The van der Waals surface area contributed by atoms with Crippen LogP contribution in [0.5, 0.6) is 0 Å². The summed E-state index contributed by atoms with van der Waals surface area (Å²) >= 11 is 1.32. The molecule has 2 aromatic rings. The highest BCUT2D eigenvalue weighted by molar-refractivity contribution is 8.01. The molecule has 0 aromatic heterocycles. The van der Waals surface area contributed by atoms with Crippen molar-refractivity contribution in [1.82, 2.24) is 0 Å². The monoisotopic (exact) mass is 418 g/mol. The van der Waals surface area contributed by atoms with Gasteiger partial charge >= 0.3 is 0 Å². The maximum atomic E-state index is 12.7. The van der Waals surface area contributed by atoms with Crippen LogP contribution in [-0.2, 0) is 19.4 Å². The topological polar surface area (TPSA) is 92.3 Å². The average Bonchev–Trinajstić information content (AvgIpc) is 2.60. The number of carbonyl (C=O) groups excluding carboxylic acids is 2. The lowest BCUT2D eigenvalue weighted by molar-refractivity contribution is -0.116. The van der Waals surface area contributed by atoms with Crippen molar-refractivity contribution in [3.05, 3.63) is 47.5 Å². The second kappa shape index (κ2) is 7.97. The van der Waals surface area contributed by atoms with E-state index in [1.165, 1.54) is 17.8 Å². The zero-order valence-corrected chi connectivity index (χ0v) is 17.5. The molecule has 1 atom stereocenters. The Labute approximate surface area is 169 Å². The zero-order chi connectivity index (χ0) is 20.5. The Kier molecular flexibility index (Phi) is 5.81. The summed E-state index contributed by atoms with van der Waals surface area (Å²) in [4.78, 5) is 24.8. The van der Waals surface area contributed by atoms with Gasteiger partial charge in [-0.3, -0.25) is 9.59 Å². The first-order valence-corrected chi connectivity index (χ1v) is 11.4. The number of benzene rings is 2. The summed E-state index contributed by atoms with van der Waals surface area (Å²) < 4.78 is 25.3. The smallest absolute Gasteiger partial charge is 0.237 e. The maximum Gasteiger partial charge on any atom is 0.237 e. The lowest BCUT2D eigenvalue weighted by atomic mass is 10.1. The second-order valence-electron chi connectivity index (χ2n) is 6.90. The largest absolute Gasteiger partial charge is 0.326 e. The molecule has 1 heterocycles. The van der Waals surface area contributed by atoms with Gasteiger partial charge in [-0.05, 0) is 62.2 Å². The maximum absolute atomic E-state index is 12.7. The first-order chi connectivity index (χ1) is 13.1. The van der Waals surface area contributed by atoms with E-state index < -0.39 is 9.84 Å². The van der Waals surface area contributed by atoms with Crippen molar-refractivity contribution < 1.29 is 18.0 Å². The van der Waals surface area contributed by atoms with E-state index >= 15 is 0 Å². The molecule has 0 radical (unpaired) electrons. The minimum atomic E-state index is -3.62. The molecular formula is C20H22N2O4S2. The van der Waals surface area contributed by atoms with Crippen molar-refractivity contribution >= 4 is 44.8 Å². The number of fused-ring (bicyclic) bond motifs is 1. The van der Waals surface area contributed by atoms with Crippen LogP contribution in [0.3, 0.4) is 0 Å². The van der Waals surface area contributed by atoms with Crippen LogP contribution in [0, 0.1) is 13.8 Å². The summed E-state index contributed by atoms with van der Waals surface area (Å²) in [7, 11) is -3.62. The number of hydrogen-bond acceptors (Lipinski definition) is 5. The first-order valence-electron chi connectivity index (χ1n) is 8.86. The number of hydrogen-bond donors (Lipinski definition) is 2. The molecule has 0 fully saturated rings. The van der Waals surface area contributed by atoms with E-state index in [2.05, 4.69) is 10.6 Å². The fourth-order valence-corrected chi connectivity index (χ4v) is 5.32. The van der Waals surface area contributed by atoms with Gasteiger partial charge in [0.05, 0.1) is 21.6 Å². The van der Waals surface area contributed by atoms with E-state index in [9.17, 15) is 18.0 Å². The first kappa shape index (κ1) is 20.4. The van der Waals surface area contributed by atoms with Gasteiger partial charge in [-0.25, -0.2) is 8.42 Å². The SMILES string of the molecule is Cc1cc(C)cc(NC(=O)CCS(=O)(=O)c2ccc3c(c2)SC(C)C(=O)N3)c1. The molecule has 2 amide bonds. The Balaban J connectivity index is 1.68. The van der Waals surface area contributed by atoms with Gasteiger partial charge in [0.15, 0.2) is 9.84 Å². The summed E-state index contributed by atoms with van der Waals surface area (Å²) in [6, 6.07) is 10.3. The summed E-state index contributed by atoms with van der Waals surface area (Å²) in [6.07, 6.45) is -0.132. The Morgan fingerprint density at radius 3 is 2.50 bits per heavy atom. The van der Waals surface area contributed by atoms with E-state index in [1.807, 2.05) is 32.0 Å². The predicted octanol–water partition coefficient (Wildman–Crippen LogP) is 3.54. The summed E-state index contributed by atoms with van der Waals surface area (Å²) in [5.74, 6) is -0.729. The molecule has 8 heteroatoms. The normalized spacial score (nSPS) is 16.2. The third kappa shape index (κ3) is 4.74. The molecule has 0 aliphatic carbocycles. The molecule has 0 saturated heterocycles. The van der Waals surface area contributed by atoms with Gasteiger partial charge in [-0.2, -0.15) is 0 Å². The molecule has 0 saturated carbocycles. The number of sulfone groups is 1. The summed E-state index contributed by atoms with van der Waals surface area (Å²) in [5, 5.41) is 5.23. The number of aryl methyl sites for hydroxylation is 2. The molecule has 1 unspecified atom stereocenters. The van der Waals surface area contributed by atoms with Crippen LogP contribution < -0.4 is 10.6 Å². The van der Waals surface area contributed by atoms with Crippen molar-refractivity contribution in [3.8, 4) is 0 Å². The summed E-state index contributed by atoms with van der Waals surface area (Å²) in [5.41, 5.74) is 3.32. The highest BCUT2D eigenvalue weighted by Gasteiger charge is 2.25. The number of carbonyl (C=O) groups is 2. The van der Waals surface area contributed by atoms with E-state index in [0.717, 1.165) is 11.1 Å². The van der Waals surface area contributed by atoms with Crippen molar-refractivity contribution in [2.45, 2.75) is 42.2 Å². The number of rotatable bonds is 5. The minimum absolute atomic E-state index is 0.101. The van der Waals surface area contributed by atoms with Gasteiger partial charge < -0.3 is 10.6 Å². The zero-order valence-electron chi connectivity index (χ0n) is 15.9. The van der Waals surface area contributed by atoms with Crippen LogP contribution in [-0.4, -0.2) is 31.2 Å². The highest BCUT2D eigenvalue weighted by atomic mass is 32.2. The van der Waals surface area contributed by atoms with Crippen LogP contribution >= 0.6 is 11.8 Å². The number of thioether (sulfide) groups is 1. The fourth-order valence-electron chi connectivity index (χ4n) is 2.99. The second-order valence-corrected chi connectivity index (χ2v) is 10.4. The molecule has 3 rings (SSSR count). The lowest BCUT2D eigenvalue weighted by Gasteiger charge is -2.21. The van der Waals surface area contributed by atoms with Gasteiger partial charge in [0.25, 0.3) is 0 Å². The third-order valence-corrected chi connectivity index (χ3v) is 7.22. The fraction of sp³-hybridized carbons (Fsp3) is 0.300. The van der Waals surface area contributed by atoms with E-state index in [0.29, 0.717) is 16.3 Å². The quantitative estimate of drug-likeness (QED) is 0.775.